The molecular formula is C17H14ClNO3. The van der Waals surface area contributed by atoms with Gasteiger partial charge in [0.25, 0.3) is 0 Å². The zero-order chi connectivity index (χ0) is 15.5. The predicted octanol–water partition coefficient (Wildman–Crippen LogP) is 4.07. The molecule has 0 saturated heterocycles. The SMILES string of the molecule is O=C(O)c1ccc(Cc2ccco2)n1Cc1ccc(Cl)cc1. The van der Waals surface area contributed by atoms with E-state index in [9.17, 15) is 9.90 Å². The molecule has 0 saturated carbocycles. The second-order valence-electron chi connectivity index (χ2n) is 4.98. The minimum absolute atomic E-state index is 0.261. The highest BCUT2D eigenvalue weighted by molar-refractivity contribution is 6.30. The van der Waals surface area contributed by atoms with Crippen LogP contribution in [-0.4, -0.2) is 15.6 Å². The zero-order valence-corrected chi connectivity index (χ0v) is 12.5. The van der Waals surface area contributed by atoms with Gasteiger partial charge in [-0.05, 0) is 42.0 Å². The molecule has 0 unspecified atom stereocenters. The van der Waals surface area contributed by atoms with E-state index < -0.39 is 5.97 Å². The van der Waals surface area contributed by atoms with Crippen molar-refractivity contribution >= 4 is 17.6 Å². The van der Waals surface area contributed by atoms with Gasteiger partial charge >= 0.3 is 5.97 Å². The summed E-state index contributed by atoms with van der Waals surface area (Å²) >= 11 is 5.89. The van der Waals surface area contributed by atoms with Crippen LogP contribution in [0.3, 0.4) is 0 Å². The van der Waals surface area contributed by atoms with Gasteiger partial charge in [0, 0.05) is 23.7 Å². The van der Waals surface area contributed by atoms with Crippen molar-refractivity contribution in [2.24, 2.45) is 0 Å². The predicted molar refractivity (Wildman–Crippen MR) is 83.5 cm³/mol. The Morgan fingerprint density at radius 1 is 1.14 bits per heavy atom. The van der Waals surface area contributed by atoms with E-state index in [1.807, 2.05) is 30.3 Å². The van der Waals surface area contributed by atoms with Gasteiger partial charge in [0.1, 0.15) is 11.5 Å². The average molecular weight is 316 g/mol. The molecule has 0 spiro atoms. The molecule has 1 N–H and O–H groups in total. The third-order valence-corrected chi connectivity index (χ3v) is 3.73. The third kappa shape index (κ3) is 3.07. The number of aromatic carboxylic acids is 1. The van der Waals surface area contributed by atoms with Crippen molar-refractivity contribution in [3.05, 3.63) is 82.5 Å². The van der Waals surface area contributed by atoms with Gasteiger partial charge in [-0.25, -0.2) is 4.79 Å². The van der Waals surface area contributed by atoms with E-state index in [0.29, 0.717) is 18.0 Å². The van der Waals surface area contributed by atoms with Crippen LogP contribution in [0.5, 0.6) is 0 Å². The minimum atomic E-state index is -0.945. The van der Waals surface area contributed by atoms with Crippen LogP contribution in [0, 0.1) is 0 Å². The fourth-order valence-corrected chi connectivity index (χ4v) is 2.53. The van der Waals surface area contributed by atoms with Crippen LogP contribution in [-0.2, 0) is 13.0 Å². The van der Waals surface area contributed by atoms with Crippen LogP contribution < -0.4 is 0 Å². The lowest BCUT2D eigenvalue weighted by Crippen LogP contribution is -2.12. The molecule has 2 aromatic heterocycles. The Morgan fingerprint density at radius 2 is 1.91 bits per heavy atom. The number of hydrogen-bond donors (Lipinski definition) is 1. The van der Waals surface area contributed by atoms with Crippen LogP contribution >= 0.6 is 11.6 Å². The summed E-state index contributed by atoms with van der Waals surface area (Å²) in [4.78, 5) is 11.4. The molecule has 0 amide bonds. The number of carbonyl (C=O) groups is 1. The molecule has 3 rings (SSSR count). The summed E-state index contributed by atoms with van der Waals surface area (Å²) in [6.07, 6.45) is 2.16. The molecule has 0 atom stereocenters. The number of aromatic nitrogens is 1. The number of carboxylic acids is 1. The Hall–Kier alpha value is -2.46. The third-order valence-electron chi connectivity index (χ3n) is 3.48. The molecule has 112 valence electrons. The lowest BCUT2D eigenvalue weighted by molar-refractivity contribution is 0.0685. The number of rotatable bonds is 5. The van der Waals surface area contributed by atoms with Gasteiger partial charge in [-0.2, -0.15) is 0 Å². The molecule has 0 aliphatic heterocycles. The maximum Gasteiger partial charge on any atom is 0.352 e. The van der Waals surface area contributed by atoms with Crippen LogP contribution in [0.25, 0.3) is 0 Å². The average Bonchev–Trinajstić information content (AvgIpc) is 3.13. The summed E-state index contributed by atoms with van der Waals surface area (Å²) < 4.78 is 7.14. The molecule has 0 fully saturated rings. The zero-order valence-electron chi connectivity index (χ0n) is 11.7. The molecule has 1 aromatic carbocycles. The number of nitrogens with zero attached hydrogens (tertiary/aromatic N) is 1. The van der Waals surface area contributed by atoms with Gasteiger partial charge in [0.15, 0.2) is 0 Å². The molecule has 0 bridgehead atoms. The molecule has 22 heavy (non-hydrogen) atoms. The van der Waals surface area contributed by atoms with Gasteiger partial charge < -0.3 is 14.1 Å². The normalized spacial score (nSPS) is 10.8. The van der Waals surface area contributed by atoms with Crippen molar-refractivity contribution in [1.82, 2.24) is 4.57 Å². The number of benzene rings is 1. The van der Waals surface area contributed by atoms with E-state index in [1.54, 1.807) is 29.0 Å². The number of halogens is 1. The summed E-state index contributed by atoms with van der Waals surface area (Å²) in [7, 11) is 0. The first-order chi connectivity index (χ1) is 10.6. The maximum absolute atomic E-state index is 11.4. The molecule has 0 aliphatic rings. The first-order valence-corrected chi connectivity index (χ1v) is 7.20. The lowest BCUT2D eigenvalue weighted by Gasteiger charge is -2.11. The second kappa shape index (κ2) is 6.12. The van der Waals surface area contributed by atoms with Crippen molar-refractivity contribution in [3.8, 4) is 0 Å². The van der Waals surface area contributed by atoms with Crippen molar-refractivity contribution in [2.45, 2.75) is 13.0 Å². The fraction of sp³-hybridized carbons (Fsp3) is 0.118. The van der Waals surface area contributed by atoms with Gasteiger partial charge in [0.05, 0.1) is 6.26 Å². The molecular weight excluding hydrogens is 302 g/mol. The van der Waals surface area contributed by atoms with Crippen LogP contribution in [0.15, 0.2) is 59.2 Å². The van der Waals surface area contributed by atoms with Crippen molar-refractivity contribution < 1.29 is 14.3 Å². The van der Waals surface area contributed by atoms with Gasteiger partial charge in [-0.3, -0.25) is 0 Å². The van der Waals surface area contributed by atoms with Crippen molar-refractivity contribution in [3.63, 3.8) is 0 Å². The summed E-state index contributed by atoms with van der Waals surface area (Å²) in [5.41, 5.74) is 2.14. The summed E-state index contributed by atoms with van der Waals surface area (Å²) in [5, 5.41) is 10.0. The highest BCUT2D eigenvalue weighted by Crippen LogP contribution is 2.18. The highest BCUT2D eigenvalue weighted by atomic mass is 35.5. The van der Waals surface area contributed by atoms with Crippen LogP contribution in [0.2, 0.25) is 5.02 Å². The number of carboxylic acid groups (broad SMARTS) is 1. The molecule has 0 aliphatic carbocycles. The summed E-state index contributed by atoms with van der Waals surface area (Å²) in [5.74, 6) is -0.146. The van der Waals surface area contributed by atoms with Crippen molar-refractivity contribution in [1.29, 1.82) is 0 Å². The topological polar surface area (TPSA) is 55.4 Å². The molecule has 5 heteroatoms. The van der Waals surface area contributed by atoms with Crippen LogP contribution in [0.4, 0.5) is 0 Å². The van der Waals surface area contributed by atoms with Gasteiger partial charge in [0.2, 0.25) is 0 Å². The van der Waals surface area contributed by atoms with E-state index in [1.165, 1.54) is 0 Å². The van der Waals surface area contributed by atoms with E-state index in [0.717, 1.165) is 17.0 Å². The van der Waals surface area contributed by atoms with E-state index in [4.69, 9.17) is 16.0 Å². The Morgan fingerprint density at radius 3 is 2.55 bits per heavy atom. The maximum atomic E-state index is 11.4. The minimum Gasteiger partial charge on any atom is -0.477 e. The molecule has 3 aromatic rings. The van der Waals surface area contributed by atoms with Crippen molar-refractivity contribution in [2.75, 3.05) is 0 Å². The smallest absolute Gasteiger partial charge is 0.352 e. The van der Waals surface area contributed by atoms with Gasteiger partial charge in [-0.1, -0.05) is 23.7 Å². The molecule has 2 heterocycles. The van der Waals surface area contributed by atoms with E-state index in [-0.39, 0.29) is 5.69 Å². The second-order valence-corrected chi connectivity index (χ2v) is 5.42. The Balaban J connectivity index is 1.94. The van der Waals surface area contributed by atoms with E-state index >= 15 is 0 Å². The Bertz CT molecular complexity index is 773. The Kier molecular flexibility index (Phi) is 4.02. The standard InChI is InChI=1S/C17H14ClNO3/c18-13-5-3-12(4-6-13)11-19-14(7-8-16(19)17(20)21)10-15-2-1-9-22-15/h1-9H,10-11H2,(H,20,21). The first-order valence-electron chi connectivity index (χ1n) is 6.82. The summed E-state index contributed by atoms with van der Waals surface area (Å²) in [6, 6.07) is 14.5. The van der Waals surface area contributed by atoms with Gasteiger partial charge in [-0.15, -0.1) is 0 Å². The first kappa shape index (κ1) is 14.5. The Labute approximate surface area is 132 Å². The fourth-order valence-electron chi connectivity index (χ4n) is 2.40. The summed E-state index contributed by atoms with van der Waals surface area (Å²) in [6.45, 7) is 0.474. The molecule has 4 nitrogen and oxygen atoms in total. The largest absolute Gasteiger partial charge is 0.477 e. The van der Waals surface area contributed by atoms with Crippen LogP contribution in [0.1, 0.15) is 27.5 Å². The lowest BCUT2D eigenvalue weighted by atomic mass is 10.2. The van der Waals surface area contributed by atoms with E-state index in [2.05, 4.69) is 0 Å². The quantitative estimate of drug-likeness (QED) is 0.772. The molecule has 0 radical (unpaired) electrons. The number of hydrogen-bond acceptors (Lipinski definition) is 2. The monoisotopic (exact) mass is 315 g/mol. The highest BCUT2D eigenvalue weighted by Gasteiger charge is 2.15. The number of furan rings is 1.